The van der Waals surface area contributed by atoms with Crippen LogP contribution in [0.1, 0.15) is 25.7 Å². The van der Waals surface area contributed by atoms with Crippen LogP contribution in [0, 0.1) is 11.7 Å². The zero-order chi connectivity index (χ0) is 13.2. The average Bonchev–Trinajstić information content (AvgIpc) is 2.32. The molecule has 0 aliphatic heterocycles. The molecule has 0 bridgehead atoms. The minimum Gasteiger partial charge on any atom is -0.328 e. The largest absolute Gasteiger partial charge is 0.328 e. The van der Waals surface area contributed by atoms with E-state index < -0.39 is 15.7 Å². The first-order chi connectivity index (χ1) is 8.47. The van der Waals surface area contributed by atoms with E-state index in [-0.39, 0.29) is 35.0 Å². The summed E-state index contributed by atoms with van der Waals surface area (Å²) >= 11 is 0. The van der Waals surface area contributed by atoms with Gasteiger partial charge in [0.15, 0.2) is 9.84 Å². The Balaban J connectivity index is 0.00000180. The van der Waals surface area contributed by atoms with Crippen LogP contribution >= 0.6 is 12.4 Å². The van der Waals surface area contributed by atoms with E-state index in [1.165, 1.54) is 18.2 Å². The van der Waals surface area contributed by atoms with Gasteiger partial charge in [-0.2, -0.15) is 0 Å². The summed E-state index contributed by atoms with van der Waals surface area (Å²) in [5, 5.41) is 0. The maximum absolute atomic E-state index is 13.0. The van der Waals surface area contributed by atoms with Gasteiger partial charge in [0.2, 0.25) is 0 Å². The molecule has 108 valence electrons. The topological polar surface area (TPSA) is 60.2 Å². The molecule has 19 heavy (non-hydrogen) atoms. The smallest absolute Gasteiger partial charge is 0.178 e. The molecule has 3 nitrogen and oxygen atoms in total. The second-order valence-corrected chi connectivity index (χ2v) is 7.05. The van der Waals surface area contributed by atoms with Gasteiger partial charge in [-0.3, -0.25) is 0 Å². The van der Waals surface area contributed by atoms with Crippen LogP contribution in [0.4, 0.5) is 4.39 Å². The van der Waals surface area contributed by atoms with Gasteiger partial charge in [-0.05, 0) is 49.8 Å². The minimum atomic E-state index is -3.38. The molecule has 2 rings (SSSR count). The lowest BCUT2D eigenvalue weighted by Gasteiger charge is -2.25. The molecule has 0 amide bonds. The predicted molar refractivity (Wildman–Crippen MR) is 75.6 cm³/mol. The number of benzene rings is 1. The number of halogens is 2. The van der Waals surface area contributed by atoms with Crippen molar-refractivity contribution in [1.29, 1.82) is 0 Å². The number of sulfone groups is 1. The molecule has 6 heteroatoms. The lowest BCUT2D eigenvalue weighted by Crippen LogP contribution is -2.29. The lowest BCUT2D eigenvalue weighted by atomic mass is 9.88. The van der Waals surface area contributed by atoms with Gasteiger partial charge >= 0.3 is 0 Å². The summed E-state index contributed by atoms with van der Waals surface area (Å²) < 4.78 is 37.3. The molecule has 0 heterocycles. The summed E-state index contributed by atoms with van der Waals surface area (Å²) in [6.45, 7) is 0. The van der Waals surface area contributed by atoms with Crippen LogP contribution in [-0.2, 0) is 9.84 Å². The molecule has 1 aliphatic rings. The molecule has 0 unspecified atom stereocenters. The number of hydrogen-bond donors (Lipinski definition) is 1. The van der Waals surface area contributed by atoms with Gasteiger partial charge in [0.1, 0.15) is 5.82 Å². The maximum atomic E-state index is 13.0. The maximum Gasteiger partial charge on any atom is 0.178 e. The Morgan fingerprint density at radius 1 is 1.21 bits per heavy atom. The first-order valence-electron chi connectivity index (χ1n) is 6.21. The summed E-state index contributed by atoms with van der Waals surface area (Å²) in [6, 6.07) is 5.42. The SMILES string of the molecule is Cl.NC1CCC(CS(=O)(=O)c2cccc(F)c2)CC1. The van der Waals surface area contributed by atoms with E-state index in [4.69, 9.17) is 5.73 Å². The fourth-order valence-corrected chi connectivity index (χ4v) is 4.15. The van der Waals surface area contributed by atoms with Crippen molar-refractivity contribution in [2.75, 3.05) is 5.75 Å². The molecule has 2 N–H and O–H groups in total. The van der Waals surface area contributed by atoms with Crippen molar-refractivity contribution in [3.63, 3.8) is 0 Å². The second kappa shape index (κ2) is 6.68. The predicted octanol–water partition coefficient (Wildman–Crippen LogP) is 2.54. The first kappa shape index (κ1) is 16.4. The van der Waals surface area contributed by atoms with Gasteiger partial charge in [0.05, 0.1) is 10.6 Å². The Bertz CT molecular complexity index is 513. The zero-order valence-corrected chi connectivity index (χ0v) is 12.2. The van der Waals surface area contributed by atoms with E-state index in [2.05, 4.69) is 0 Å². The molecule has 1 fully saturated rings. The third kappa shape index (κ3) is 4.44. The fraction of sp³-hybridized carbons (Fsp3) is 0.538. The molecule has 1 aromatic rings. The van der Waals surface area contributed by atoms with Crippen LogP contribution < -0.4 is 5.73 Å². The average molecular weight is 308 g/mol. The molecule has 1 aromatic carbocycles. The van der Waals surface area contributed by atoms with Crippen molar-refractivity contribution in [2.24, 2.45) is 11.7 Å². The second-order valence-electron chi connectivity index (χ2n) is 5.02. The summed E-state index contributed by atoms with van der Waals surface area (Å²) in [5.74, 6) is -0.261. The third-order valence-electron chi connectivity index (χ3n) is 3.50. The van der Waals surface area contributed by atoms with Crippen LogP contribution in [-0.4, -0.2) is 20.2 Å². The molecule has 0 radical (unpaired) electrons. The Labute approximate surface area is 119 Å². The highest BCUT2D eigenvalue weighted by Gasteiger charge is 2.25. The third-order valence-corrected chi connectivity index (χ3v) is 5.38. The Kier molecular flexibility index (Phi) is 5.77. The quantitative estimate of drug-likeness (QED) is 0.933. The number of nitrogens with two attached hydrogens (primary N) is 1. The van der Waals surface area contributed by atoms with Gasteiger partial charge in [0.25, 0.3) is 0 Å². The normalized spacial score (nSPS) is 23.7. The van der Waals surface area contributed by atoms with E-state index in [1.54, 1.807) is 0 Å². The fourth-order valence-electron chi connectivity index (χ4n) is 2.42. The van der Waals surface area contributed by atoms with E-state index in [0.29, 0.717) is 0 Å². The van der Waals surface area contributed by atoms with Crippen LogP contribution in [0.3, 0.4) is 0 Å². The molecular weight excluding hydrogens is 289 g/mol. The minimum absolute atomic E-state index is 0. The van der Waals surface area contributed by atoms with E-state index in [9.17, 15) is 12.8 Å². The monoisotopic (exact) mass is 307 g/mol. The molecule has 0 saturated heterocycles. The van der Waals surface area contributed by atoms with Crippen LogP contribution in [0.25, 0.3) is 0 Å². The van der Waals surface area contributed by atoms with Crippen LogP contribution in [0.15, 0.2) is 29.2 Å². The number of rotatable bonds is 3. The highest BCUT2D eigenvalue weighted by Crippen LogP contribution is 2.26. The molecule has 0 atom stereocenters. The van der Waals surface area contributed by atoms with Gasteiger partial charge in [0, 0.05) is 6.04 Å². The van der Waals surface area contributed by atoms with Gasteiger partial charge < -0.3 is 5.73 Å². The molecular formula is C13H19ClFNO2S. The van der Waals surface area contributed by atoms with Crippen molar-refractivity contribution in [3.05, 3.63) is 30.1 Å². The van der Waals surface area contributed by atoms with E-state index >= 15 is 0 Å². The first-order valence-corrected chi connectivity index (χ1v) is 7.86. The standard InChI is InChI=1S/C13H18FNO2S.ClH/c14-11-2-1-3-13(8-11)18(16,17)9-10-4-6-12(15)7-5-10;/h1-3,8,10,12H,4-7,9,15H2;1H. The van der Waals surface area contributed by atoms with E-state index in [0.717, 1.165) is 31.7 Å². The Hall–Kier alpha value is -0.650. The lowest BCUT2D eigenvalue weighted by molar-refractivity contribution is 0.348. The van der Waals surface area contributed by atoms with E-state index in [1.807, 2.05) is 0 Å². The Morgan fingerprint density at radius 2 is 1.84 bits per heavy atom. The van der Waals surface area contributed by atoms with Crippen molar-refractivity contribution in [1.82, 2.24) is 0 Å². The summed E-state index contributed by atoms with van der Waals surface area (Å²) in [6.07, 6.45) is 3.44. The van der Waals surface area contributed by atoms with Gasteiger partial charge in [-0.25, -0.2) is 12.8 Å². The number of hydrogen-bond acceptors (Lipinski definition) is 3. The zero-order valence-electron chi connectivity index (χ0n) is 10.6. The summed E-state index contributed by atoms with van der Waals surface area (Å²) in [4.78, 5) is 0.0809. The van der Waals surface area contributed by atoms with Crippen molar-refractivity contribution < 1.29 is 12.8 Å². The highest BCUT2D eigenvalue weighted by molar-refractivity contribution is 7.91. The van der Waals surface area contributed by atoms with Crippen LogP contribution in [0.2, 0.25) is 0 Å². The van der Waals surface area contributed by atoms with Gasteiger partial charge in [-0.15, -0.1) is 12.4 Å². The highest BCUT2D eigenvalue weighted by atomic mass is 35.5. The van der Waals surface area contributed by atoms with Gasteiger partial charge in [-0.1, -0.05) is 6.07 Å². The summed E-state index contributed by atoms with van der Waals surface area (Å²) in [7, 11) is -3.38. The molecule has 1 aliphatic carbocycles. The van der Waals surface area contributed by atoms with Crippen molar-refractivity contribution >= 4 is 22.2 Å². The molecule has 0 aromatic heterocycles. The van der Waals surface area contributed by atoms with Crippen molar-refractivity contribution in [2.45, 2.75) is 36.6 Å². The Morgan fingerprint density at radius 3 is 2.42 bits per heavy atom. The van der Waals surface area contributed by atoms with Crippen LogP contribution in [0.5, 0.6) is 0 Å². The summed E-state index contributed by atoms with van der Waals surface area (Å²) in [5.41, 5.74) is 5.79. The molecule has 1 saturated carbocycles. The van der Waals surface area contributed by atoms with Crippen molar-refractivity contribution in [3.8, 4) is 0 Å². The molecule has 0 spiro atoms.